The zero-order valence-corrected chi connectivity index (χ0v) is 17.9. The molecule has 9 heteroatoms. The van der Waals surface area contributed by atoms with E-state index in [2.05, 4.69) is 20.7 Å². The highest BCUT2D eigenvalue weighted by atomic mass is 16.2. The second-order valence-corrected chi connectivity index (χ2v) is 8.39. The number of amides is 3. The standard InChI is InChI=1S/C22H28N6O3/c1-3-27-20(30)18-11-17(19(29)24-13-15-7-6-10-23-12-15)26-28(18)14-22(27,2)21(31)25-16-8-4-5-9-16/h6-7,10-12,16H,3-5,8-9,13-14H2,1-2H3,(H,24,29)(H,25,31)/t22-/m1/s1. The number of pyridine rings is 1. The monoisotopic (exact) mass is 424 g/mol. The molecule has 2 aromatic heterocycles. The van der Waals surface area contributed by atoms with Gasteiger partial charge in [0.05, 0.1) is 6.54 Å². The van der Waals surface area contributed by atoms with Crippen molar-refractivity contribution in [3.05, 3.63) is 47.5 Å². The Labute approximate surface area is 181 Å². The molecule has 0 spiro atoms. The van der Waals surface area contributed by atoms with Crippen molar-refractivity contribution in [2.75, 3.05) is 6.54 Å². The number of rotatable bonds is 6. The fourth-order valence-corrected chi connectivity index (χ4v) is 4.43. The number of likely N-dealkylation sites (N-methyl/N-ethyl adjacent to an activating group) is 1. The van der Waals surface area contributed by atoms with Gasteiger partial charge in [0.1, 0.15) is 11.2 Å². The maximum Gasteiger partial charge on any atom is 0.273 e. The summed E-state index contributed by atoms with van der Waals surface area (Å²) in [7, 11) is 0. The minimum atomic E-state index is -1.06. The Morgan fingerprint density at radius 3 is 2.74 bits per heavy atom. The SMILES string of the molecule is CCN1C(=O)c2cc(C(=O)NCc3cccnc3)nn2C[C@]1(C)C(=O)NC1CCCC1. The van der Waals surface area contributed by atoms with E-state index in [0.29, 0.717) is 18.8 Å². The quantitative estimate of drug-likeness (QED) is 0.730. The van der Waals surface area contributed by atoms with E-state index in [1.807, 2.05) is 13.0 Å². The molecule has 9 nitrogen and oxygen atoms in total. The van der Waals surface area contributed by atoms with Gasteiger partial charge < -0.3 is 15.5 Å². The molecule has 1 aliphatic carbocycles. The maximum atomic E-state index is 13.2. The van der Waals surface area contributed by atoms with Crippen LogP contribution in [0.1, 0.15) is 66.1 Å². The van der Waals surface area contributed by atoms with Gasteiger partial charge in [-0.2, -0.15) is 5.10 Å². The number of aromatic nitrogens is 3. The van der Waals surface area contributed by atoms with Crippen LogP contribution in [0.4, 0.5) is 0 Å². The molecule has 31 heavy (non-hydrogen) atoms. The average Bonchev–Trinajstić information content (AvgIpc) is 3.43. The van der Waals surface area contributed by atoms with Gasteiger partial charge in [0.2, 0.25) is 5.91 Å². The van der Waals surface area contributed by atoms with E-state index in [1.54, 1.807) is 30.3 Å². The van der Waals surface area contributed by atoms with Gasteiger partial charge in [-0.05, 0) is 38.3 Å². The maximum absolute atomic E-state index is 13.2. The smallest absolute Gasteiger partial charge is 0.273 e. The van der Waals surface area contributed by atoms with E-state index in [-0.39, 0.29) is 36.0 Å². The number of nitrogens with zero attached hydrogens (tertiary/aromatic N) is 4. The third-order valence-corrected chi connectivity index (χ3v) is 6.20. The van der Waals surface area contributed by atoms with Crippen LogP contribution in [0.2, 0.25) is 0 Å². The summed E-state index contributed by atoms with van der Waals surface area (Å²) in [6.45, 7) is 4.53. The van der Waals surface area contributed by atoms with E-state index in [1.165, 1.54) is 10.7 Å². The highest BCUT2D eigenvalue weighted by Gasteiger charge is 2.48. The van der Waals surface area contributed by atoms with Crippen LogP contribution in [0.5, 0.6) is 0 Å². The van der Waals surface area contributed by atoms with Crippen molar-refractivity contribution in [1.29, 1.82) is 0 Å². The number of carbonyl (C=O) groups excluding carboxylic acids is 3. The second-order valence-electron chi connectivity index (χ2n) is 8.39. The Hall–Kier alpha value is -3.23. The van der Waals surface area contributed by atoms with Crippen molar-refractivity contribution in [3.8, 4) is 0 Å². The van der Waals surface area contributed by atoms with E-state index >= 15 is 0 Å². The van der Waals surface area contributed by atoms with Crippen molar-refractivity contribution in [3.63, 3.8) is 0 Å². The fraction of sp³-hybridized carbons (Fsp3) is 0.500. The summed E-state index contributed by atoms with van der Waals surface area (Å²) in [4.78, 5) is 44.5. The van der Waals surface area contributed by atoms with Crippen molar-refractivity contribution in [1.82, 2.24) is 30.3 Å². The van der Waals surface area contributed by atoms with Gasteiger partial charge in [-0.25, -0.2) is 0 Å². The molecule has 1 atom stereocenters. The molecule has 3 amide bonds. The van der Waals surface area contributed by atoms with Crippen LogP contribution in [-0.2, 0) is 17.9 Å². The number of nitrogens with one attached hydrogen (secondary N) is 2. The predicted molar refractivity (Wildman–Crippen MR) is 113 cm³/mol. The van der Waals surface area contributed by atoms with Crippen molar-refractivity contribution >= 4 is 17.7 Å². The number of fused-ring (bicyclic) bond motifs is 1. The molecule has 0 bridgehead atoms. The van der Waals surface area contributed by atoms with Gasteiger partial charge in [-0.3, -0.25) is 24.0 Å². The van der Waals surface area contributed by atoms with Gasteiger partial charge in [-0.1, -0.05) is 18.9 Å². The van der Waals surface area contributed by atoms with Crippen LogP contribution in [0, 0.1) is 0 Å². The normalized spacial score (nSPS) is 21.1. The molecule has 164 valence electrons. The van der Waals surface area contributed by atoms with Crippen molar-refractivity contribution in [2.24, 2.45) is 0 Å². The number of hydrogen-bond acceptors (Lipinski definition) is 5. The lowest BCUT2D eigenvalue weighted by atomic mass is 9.94. The van der Waals surface area contributed by atoms with Gasteiger partial charge in [0.15, 0.2) is 5.69 Å². The molecule has 0 saturated heterocycles. The van der Waals surface area contributed by atoms with Crippen LogP contribution in [0.3, 0.4) is 0 Å². The zero-order chi connectivity index (χ0) is 22.0. The van der Waals surface area contributed by atoms with Gasteiger partial charge in [-0.15, -0.1) is 0 Å². The first-order valence-electron chi connectivity index (χ1n) is 10.8. The summed E-state index contributed by atoms with van der Waals surface area (Å²) in [5, 5.41) is 10.3. The highest BCUT2D eigenvalue weighted by molar-refractivity contribution is 6.01. The lowest BCUT2D eigenvalue weighted by molar-refractivity contribution is -0.133. The van der Waals surface area contributed by atoms with Crippen LogP contribution < -0.4 is 10.6 Å². The Balaban J connectivity index is 1.52. The Bertz CT molecular complexity index is 982. The first kappa shape index (κ1) is 21.0. The molecule has 0 unspecified atom stereocenters. The zero-order valence-electron chi connectivity index (χ0n) is 17.9. The molecule has 1 fully saturated rings. The van der Waals surface area contributed by atoms with E-state index in [4.69, 9.17) is 0 Å². The Morgan fingerprint density at radius 2 is 2.06 bits per heavy atom. The summed E-state index contributed by atoms with van der Waals surface area (Å²) in [5.74, 6) is -0.839. The molecular weight excluding hydrogens is 396 g/mol. The number of carbonyl (C=O) groups is 3. The molecule has 4 rings (SSSR count). The van der Waals surface area contributed by atoms with Crippen LogP contribution >= 0.6 is 0 Å². The summed E-state index contributed by atoms with van der Waals surface area (Å²) < 4.78 is 1.49. The predicted octanol–water partition coefficient (Wildman–Crippen LogP) is 1.50. The van der Waals surface area contributed by atoms with Crippen LogP contribution in [-0.4, -0.2) is 55.5 Å². The van der Waals surface area contributed by atoms with Crippen LogP contribution in [0.15, 0.2) is 30.6 Å². The van der Waals surface area contributed by atoms with E-state index in [9.17, 15) is 14.4 Å². The third kappa shape index (κ3) is 4.04. The molecule has 3 heterocycles. The highest BCUT2D eigenvalue weighted by Crippen LogP contribution is 2.28. The van der Waals surface area contributed by atoms with Crippen LogP contribution in [0.25, 0.3) is 0 Å². The number of hydrogen-bond donors (Lipinski definition) is 2. The van der Waals surface area contributed by atoms with E-state index < -0.39 is 5.54 Å². The Kier molecular flexibility index (Phi) is 5.75. The first-order valence-corrected chi connectivity index (χ1v) is 10.8. The second kappa shape index (κ2) is 8.49. The first-order chi connectivity index (χ1) is 14.9. The molecule has 1 saturated carbocycles. The Morgan fingerprint density at radius 1 is 1.29 bits per heavy atom. The summed E-state index contributed by atoms with van der Waals surface area (Å²) in [6, 6.07) is 5.32. The minimum Gasteiger partial charge on any atom is -0.351 e. The fourth-order valence-electron chi connectivity index (χ4n) is 4.43. The summed E-state index contributed by atoms with van der Waals surface area (Å²) in [5.41, 5.74) is 0.282. The lowest BCUT2D eigenvalue weighted by Gasteiger charge is -2.43. The minimum absolute atomic E-state index is 0.156. The van der Waals surface area contributed by atoms with Gasteiger partial charge >= 0.3 is 0 Å². The largest absolute Gasteiger partial charge is 0.351 e. The molecule has 2 aliphatic rings. The topological polar surface area (TPSA) is 109 Å². The molecule has 0 radical (unpaired) electrons. The molecule has 1 aliphatic heterocycles. The van der Waals surface area contributed by atoms with Gasteiger partial charge in [0, 0.05) is 37.6 Å². The van der Waals surface area contributed by atoms with Crippen molar-refractivity contribution < 1.29 is 14.4 Å². The lowest BCUT2D eigenvalue weighted by Crippen LogP contribution is -2.64. The summed E-state index contributed by atoms with van der Waals surface area (Å²) >= 11 is 0. The third-order valence-electron chi connectivity index (χ3n) is 6.20. The molecular formula is C22H28N6O3. The average molecular weight is 425 g/mol. The summed E-state index contributed by atoms with van der Waals surface area (Å²) in [6.07, 6.45) is 7.50. The van der Waals surface area contributed by atoms with E-state index in [0.717, 1.165) is 31.2 Å². The van der Waals surface area contributed by atoms with Gasteiger partial charge in [0.25, 0.3) is 11.8 Å². The molecule has 2 N–H and O–H groups in total. The van der Waals surface area contributed by atoms with Crippen molar-refractivity contribution in [2.45, 2.75) is 64.2 Å². The molecule has 0 aromatic carbocycles. The molecule has 2 aromatic rings.